The molecule has 172 valence electrons. The van der Waals surface area contributed by atoms with E-state index in [1.807, 2.05) is 17.7 Å². The maximum Gasteiger partial charge on any atom is 0.244 e. The lowest BCUT2D eigenvalue weighted by molar-refractivity contribution is -0.116. The Labute approximate surface area is 197 Å². The molecule has 4 rings (SSSR count). The second-order valence-corrected chi connectivity index (χ2v) is 9.08. The first kappa shape index (κ1) is 23.0. The molecule has 0 unspecified atom stereocenters. The minimum absolute atomic E-state index is 0.0961. The molecule has 1 saturated heterocycles. The quantitative estimate of drug-likeness (QED) is 0.511. The van der Waals surface area contributed by atoms with Crippen molar-refractivity contribution in [2.24, 2.45) is 0 Å². The van der Waals surface area contributed by atoms with E-state index in [9.17, 15) is 4.79 Å². The maximum absolute atomic E-state index is 12.4. The molecule has 5 nitrogen and oxygen atoms in total. The first-order valence-electron chi connectivity index (χ1n) is 11.8. The molecule has 1 aliphatic rings. The van der Waals surface area contributed by atoms with Gasteiger partial charge in [-0.3, -0.25) is 14.4 Å². The summed E-state index contributed by atoms with van der Waals surface area (Å²) >= 11 is 0. The molecule has 1 fully saturated rings. The number of rotatable bonds is 8. The summed E-state index contributed by atoms with van der Waals surface area (Å²) in [5.74, 6) is -0.0961. The molecule has 2 aromatic carbocycles. The van der Waals surface area contributed by atoms with Gasteiger partial charge < -0.3 is 5.32 Å². The van der Waals surface area contributed by atoms with E-state index in [0.717, 1.165) is 35.6 Å². The number of amides is 1. The van der Waals surface area contributed by atoms with Crippen molar-refractivity contribution in [1.29, 1.82) is 0 Å². The fraction of sp³-hybridized carbons (Fsp3) is 0.357. The van der Waals surface area contributed by atoms with Crippen LogP contribution in [0.4, 0.5) is 0 Å². The normalized spacial score (nSPS) is 14.3. The molecule has 0 atom stereocenters. The summed E-state index contributed by atoms with van der Waals surface area (Å²) in [6.45, 7) is 10.8. The molecule has 0 aliphatic carbocycles. The topological polar surface area (TPSA) is 50.2 Å². The predicted octanol–water partition coefficient (Wildman–Crippen LogP) is 4.78. The van der Waals surface area contributed by atoms with E-state index in [-0.39, 0.29) is 5.91 Å². The second kappa shape index (κ2) is 10.6. The van der Waals surface area contributed by atoms with Gasteiger partial charge in [0.1, 0.15) is 0 Å². The van der Waals surface area contributed by atoms with Crippen molar-refractivity contribution < 1.29 is 4.79 Å². The molecule has 2 heterocycles. The lowest BCUT2D eigenvalue weighted by atomic mass is 10.1. The highest BCUT2D eigenvalue weighted by molar-refractivity contribution is 5.91. The van der Waals surface area contributed by atoms with Gasteiger partial charge in [-0.25, -0.2) is 0 Å². The lowest BCUT2D eigenvalue weighted by Crippen LogP contribution is -2.20. The molecule has 0 bridgehead atoms. The standard InChI is InChI=1S/C28H34N4O/c1-21-6-8-26(9-7-21)20-32-23(3)27(22(2)30-32)14-15-28(33)29-18-24-10-12-25(13-11-24)19-31-16-4-5-17-31/h6-15H,4-5,16-20H2,1-3H3,(H,29,33)/b15-14+. The molecule has 1 aliphatic heterocycles. The van der Waals surface area contributed by atoms with Crippen molar-refractivity contribution >= 4 is 12.0 Å². The Bertz CT molecular complexity index is 1100. The summed E-state index contributed by atoms with van der Waals surface area (Å²) in [6, 6.07) is 17.1. The van der Waals surface area contributed by atoms with Crippen molar-refractivity contribution in [2.75, 3.05) is 13.1 Å². The molecule has 0 radical (unpaired) electrons. The van der Waals surface area contributed by atoms with Crippen molar-refractivity contribution in [3.8, 4) is 0 Å². The van der Waals surface area contributed by atoms with Gasteiger partial charge in [0, 0.05) is 30.4 Å². The van der Waals surface area contributed by atoms with Gasteiger partial charge in [0.05, 0.1) is 12.2 Å². The number of carbonyl (C=O) groups is 1. The zero-order chi connectivity index (χ0) is 23.2. The predicted molar refractivity (Wildman–Crippen MR) is 134 cm³/mol. The largest absolute Gasteiger partial charge is 0.348 e. The number of hydrogen-bond donors (Lipinski definition) is 1. The number of aromatic nitrogens is 2. The number of hydrogen-bond acceptors (Lipinski definition) is 3. The number of likely N-dealkylation sites (tertiary alicyclic amines) is 1. The Kier molecular flexibility index (Phi) is 7.40. The molecule has 1 amide bonds. The van der Waals surface area contributed by atoms with Gasteiger partial charge in [-0.2, -0.15) is 5.10 Å². The maximum atomic E-state index is 12.4. The van der Waals surface area contributed by atoms with Crippen LogP contribution in [0.15, 0.2) is 54.6 Å². The van der Waals surface area contributed by atoms with Crippen LogP contribution in [0.3, 0.4) is 0 Å². The Morgan fingerprint density at radius 2 is 1.52 bits per heavy atom. The van der Waals surface area contributed by atoms with Crippen LogP contribution in [0.25, 0.3) is 6.08 Å². The van der Waals surface area contributed by atoms with Crippen LogP contribution in [0, 0.1) is 20.8 Å². The van der Waals surface area contributed by atoms with Gasteiger partial charge >= 0.3 is 0 Å². The molecule has 1 N–H and O–H groups in total. The van der Waals surface area contributed by atoms with Gasteiger partial charge in [-0.15, -0.1) is 0 Å². The van der Waals surface area contributed by atoms with Gasteiger partial charge in [0.2, 0.25) is 5.91 Å². The summed E-state index contributed by atoms with van der Waals surface area (Å²) < 4.78 is 2.00. The van der Waals surface area contributed by atoms with E-state index in [2.05, 4.69) is 77.7 Å². The first-order chi connectivity index (χ1) is 16.0. The summed E-state index contributed by atoms with van der Waals surface area (Å²) in [7, 11) is 0. The molecule has 0 saturated carbocycles. The highest BCUT2D eigenvalue weighted by Gasteiger charge is 2.12. The van der Waals surface area contributed by atoms with E-state index in [0.29, 0.717) is 6.54 Å². The minimum Gasteiger partial charge on any atom is -0.348 e. The van der Waals surface area contributed by atoms with Gasteiger partial charge in [-0.05, 0) is 69.5 Å². The van der Waals surface area contributed by atoms with Crippen molar-refractivity contribution in [3.05, 3.63) is 93.8 Å². The first-order valence-corrected chi connectivity index (χ1v) is 11.8. The summed E-state index contributed by atoms with van der Waals surface area (Å²) in [6.07, 6.45) is 6.10. The van der Waals surface area contributed by atoms with Crippen molar-refractivity contribution in [2.45, 2.75) is 53.2 Å². The zero-order valence-corrected chi connectivity index (χ0v) is 20.0. The summed E-state index contributed by atoms with van der Waals surface area (Å²) in [4.78, 5) is 14.9. The molecule has 0 spiro atoms. The van der Waals surface area contributed by atoms with E-state index in [4.69, 9.17) is 0 Å². The fourth-order valence-electron chi connectivity index (χ4n) is 4.34. The van der Waals surface area contributed by atoms with Crippen LogP contribution in [0.2, 0.25) is 0 Å². The van der Waals surface area contributed by atoms with Crippen LogP contribution < -0.4 is 5.32 Å². The van der Waals surface area contributed by atoms with Crippen molar-refractivity contribution in [1.82, 2.24) is 20.0 Å². The van der Waals surface area contributed by atoms with Crippen LogP contribution in [0.1, 0.15) is 52.0 Å². The zero-order valence-electron chi connectivity index (χ0n) is 20.0. The molecular formula is C28H34N4O. The van der Waals surface area contributed by atoms with Crippen LogP contribution in [-0.4, -0.2) is 33.7 Å². The third-order valence-electron chi connectivity index (χ3n) is 6.39. The van der Waals surface area contributed by atoms with E-state index in [1.54, 1.807) is 6.08 Å². The lowest BCUT2D eigenvalue weighted by Gasteiger charge is -2.14. The third kappa shape index (κ3) is 6.20. The number of carbonyl (C=O) groups excluding carboxylic acids is 1. The Balaban J connectivity index is 1.31. The number of benzene rings is 2. The molecule has 5 heteroatoms. The molecule has 33 heavy (non-hydrogen) atoms. The number of nitrogens with one attached hydrogen (secondary N) is 1. The van der Waals surface area contributed by atoms with Crippen LogP contribution >= 0.6 is 0 Å². The Morgan fingerprint density at radius 1 is 0.909 bits per heavy atom. The Morgan fingerprint density at radius 3 is 2.21 bits per heavy atom. The molecule has 1 aromatic heterocycles. The second-order valence-electron chi connectivity index (χ2n) is 9.08. The fourth-order valence-corrected chi connectivity index (χ4v) is 4.34. The molecular weight excluding hydrogens is 408 g/mol. The van der Waals surface area contributed by atoms with Gasteiger partial charge in [0.25, 0.3) is 0 Å². The van der Waals surface area contributed by atoms with Crippen LogP contribution in [-0.2, 0) is 24.4 Å². The summed E-state index contributed by atoms with van der Waals surface area (Å²) in [5.41, 5.74) is 7.90. The summed E-state index contributed by atoms with van der Waals surface area (Å²) in [5, 5.41) is 7.66. The van der Waals surface area contributed by atoms with Gasteiger partial charge in [-0.1, -0.05) is 54.1 Å². The highest BCUT2D eigenvalue weighted by Crippen LogP contribution is 2.17. The smallest absolute Gasteiger partial charge is 0.244 e. The average molecular weight is 443 g/mol. The van der Waals surface area contributed by atoms with E-state index >= 15 is 0 Å². The van der Waals surface area contributed by atoms with E-state index < -0.39 is 0 Å². The Hall–Kier alpha value is -3.18. The highest BCUT2D eigenvalue weighted by atomic mass is 16.1. The SMILES string of the molecule is Cc1ccc(Cn2nc(C)c(/C=C/C(=O)NCc3ccc(CN4CCCC4)cc3)c2C)cc1. The monoisotopic (exact) mass is 442 g/mol. The number of nitrogens with zero attached hydrogens (tertiary/aromatic N) is 3. The minimum atomic E-state index is -0.0961. The number of aryl methyl sites for hydroxylation is 2. The van der Waals surface area contributed by atoms with E-state index in [1.165, 1.54) is 42.6 Å². The average Bonchev–Trinajstić information content (AvgIpc) is 3.41. The van der Waals surface area contributed by atoms with Crippen molar-refractivity contribution in [3.63, 3.8) is 0 Å². The molecule has 3 aromatic rings. The third-order valence-corrected chi connectivity index (χ3v) is 6.39. The van der Waals surface area contributed by atoms with Crippen LogP contribution in [0.5, 0.6) is 0 Å². The van der Waals surface area contributed by atoms with Gasteiger partial charge in [0.15, 0.2) is 0 Å².